The van der Waals surface area contributed by atoms with Crippen LogP contribution in [-0.4, -0.2) is 24.3 Å². The number of amides is 1. The van der Waals surface area contributed by atoms with Gasteiger partial charge in [-0.2, -0.15) is 13.2 Å². The van der Waals surface area contributed by atoms with Gasteiger partial charge in [-0.05, 0) is 38.8 Å². The third kappa shape index (κ3) is 5.93. The second kappa shape index (κ2) is 7.00. The second-order valence-electron chi connectivity index (χ2n) is 5.94. The number of alkyl carbamates (subject to hydrolysis) is 1. The Bertz CT molecular complexity index is 510. The van der Waals surface area contributed by atoms with Gasteiger partial charge >= 0.3 is 12.3 Å². The number of nitrogens with one attached hydrogen (secondary N) is 1. The van der Waals surface area contributed by atoms with Crippen LogP contribution in [0.25, 0.3) is 0 Å². The minimum atomic E-state index is -4.44. The highest BCUT2D eigenvalue weighted by molar-refractivity contribution is 5.68. The summed E-state index contributed by atoms with van der Waals surface area (Å²) in [5, 5.41) is 2.50. The first-order valence-corrected chi connectivity index (χ1v) is 6.87. The summed E-state index contributed by atoms with van der Waals surface area (Å²) in [6, 6.07) is 4.59. The molecule has 0 bridgehead atoms. The van der Waals surface area contributed by atoms with Crippen LogP contribution in [0.1, 0.15) is 31.9 Å². The molecular formula is C15H21F3N2O2. The van der Waals surface area contributed by atoms with Crippen LogP contribution >= 0.6 is 0 Å². The van der Waals surface area contributed by atoms with Crippen LogP contribution in [0.3, 0.4) is 0 Å². The summed E-state index contributed by atoms with van der Waals surface area (Å²) >= 11 is 0. The van der Waals surface area contributed by atoms with Crippen LogP contribution in [-0.2, 0) is 17.3 Å². The number of hydrogen-bond acceptors (Lipinski definition) is 3. The van der Waals surface area contributed by atoms with Gasteiger partial charge in [-0.3, -0.25) is 0 Å². The van der Waals surface area contributed by atoms with Crippen LogP contribution < -0.4 is 11.1 Å². The van der Waals surface area contributed by atoms with Crippen LogP contribution in [0.2, 0.25) is 0 Å². The van der Waals surface area contributed by atoms with E-state index in [-0.39, 0.29) is 18.5 Å². The van der Waals surface area contributed by atoms with Crippen LogP contribution in [0, 0.1) is 0 Å². The Balaban J connectivity index is 2.81. The van der Waals surface area contributed by atoms with Gasteiger partial charge in [-0.15, -0.1) is 0 Å². The summed E-state index contributed by atoms with van der Waals surface area (Å²) in [5.74, 6) is 0. The predicted molar refractivity (Wildman–Crippen MR) is 77.4 cm³/mol. The summed E-state index contributed by atoms with van der Waals surface area (Å²) < 4.78 is 43.9. The molecule has 22 heavy (non-hydrogen) atoms. The summed E-state index contributed by atoms with van der Waals surface area (Å²) in [7, 11) is 0. The van der Waals surface area contributed by atoms with Crippen molar-refractivity contribution in [2.24, 2.45) is 5.73 Å². The molecule has 0 saturated carbocycles. The summed E-state index contributed by atoms with van der Waals surface area (Å²) in [6.07, 6.45) is -5.17. The summed E-state index contributed by atoms with van der Waals surface area (Å²) in [4.78, 5) is 11.7. The topological polar surface area (TPSA) is 64.3 Å². The maximum absolute atomic E-state index is 12.9. The van der Waals surface area contributed by atoms with Crippen molar-refractivity contribution in [3.8, 4) is 0 Å². The quantitative estimate of drug-likeness (QED) is 0.896. The fourth-order valence-electron chi connectivity index (χ4n) is 1.91. The van der Waals surface area contributed by atoms with Gasteiger partial charge in [0.05, 0.1) is 5.56 Å². The maximum Gasteiger partial charge on any atom is 0.416 e. The first-order valence-electron chi connectivity index (χ1n) is 6.87. The lowest BCUT2D eigenvalue weighted by Crippen LogP contribution is -2.44. The number of alkyl halides is 3. The minimum Gasteiger partial charge on any atom is -0.444 e. The lowest BCUT2D eigenvalue weighted by Gasteiger charge is -2.23. The molecule has 0 aliphatic carbocycles. The van der Waals surface area contributed by atoms with Gasteiger partial charge < -0.3 is 15.8 Å². The minimum absolute atomic E-state index is 0.00539. The number of carbonyl (C=O) groups is 1. The standard InChI is InChI=1S/C15H21F3N2O2/c1-14(2,3)22-13(21)20-11(9-19)8-10-6-4-5-7-12(10)15(16,17)18/h4-7,11H,8-9,19H2,1-3H3,(H,20,21). The maximum atomic E-state index is 12.9. The molecule has 1 atom stereocenters. The van der Waals surface area contributed by atoms with E-state index in [0.29, 0.717) is 0 Å². The van der Waals surface area contributed by atoms with E-state index in [0.717, 1.165) is 6.07 Å². The van der Waals surface area contributed by atoms with Gasteiger partial charge in [0.15, 0.2) is 0 Å². The Morgan fingerprint density at radius 3 is 2.36 bits per heavy atom. The van der Waals surface area contributed by atoms with Crippen molar-refractivity contribution in [3.63, 3.8) is 0 Å². The number of nitrogens with two attached hydrogens (primary N) is 1. The fourth-order valence-corrected chi connectivity index (χ4v) is 1.91. The fraction of sp³-hybridized carbons (Fsp3) is 0.533. The van der Waals surface area contributed by atoms with Crippen molar-refractivity contribution in [1.82, 2.24) is 5.32 Å². The van der Waals surface area contributed by atoms with Gasteiger partial charge in [-0.25, -0.2) is 4.79 Å². The molecule has 0 heterocycles. The van der Waals surface area contributed by atoms with Crippen LogP contribution in [0.4, 0.5) is 18.0 Å². The first kappa shape index (κ1) is 18.3. The highest BCUT2D eigenvalue weighted by atomic mass is 19.4. The van der Waals surface area contributed by atoms with E-state index in [1.807, 2.05) is 0 Å². The van der Waals surface area contributed by atoms with Crippen molar-refractivity contribution >= 4 is 6.09 Å². The lowest BCUT2D eigenvalue weighted by atomic mass is 10.00. The molecule has 3 N–H and O–H groups in total. The number of benzene rings is 1. The van der Waals surface area contributed by atoms with Gasteiger partial charge in [0.25, 0.3) is 0 Å². The van der Waals surface area contributed by atoms with Crippen molar-refractivity contribution in [1.29, 1.82) is 0 Å². The second-order valence-corrected chi connectivity index (χ2v) is 5.94. The van der Waals surface area contributed by atoms with E-state index in [4.69, 9.17) is 10.5 Å². The zero-order valence-corrected chi connectivity index (χ0v) is 12.8. The predicted octanol–water partition coefficient (Wildman–Crippen LogP) is 3.10. The smallest absolute Gasteiger partial charge is 0.416 e. The molecule has 124 valence electrons. The van der Waals surface area contributed by atoms with E-state index in [1.165, 1.54) is 18.2 Å². The molecule has 1 aromatic rings. The summed E-state index contributed by atoms with van der Waals surface area (Å²) in [6.45, 7) is 5.10. The number of hydrogen-bond donors (Lipinski definition) is 2. The molecule has 0 aromatic heterocycles. The molecule has 1 unspecified atom stereocenters. The van der Waals surface area contributed by atoms with Crippen LogP contribution in [0.5, 0.6) is 0 Å². The third-order valence-electron chi connectivity index (χ3n) is 2.79. The number of halogens is 3. The molecule has 0 saturated heterocycles. The number of carbonyl (C=O) groups excluding carboxylic acids is 1. The first-order chi connectivity index (χ1) is 10.0. The van der Waals surface area contributed by atoms with Gasteiger partial charge in [0.1, 0.15) is 5.60 Å². The van der Waals surface area contributed by atoms with Crippen molar-refractivity contribution in [2.45, 2.75) is 45.0 Å². The van der Waals surface area contributed by atoms with E-state index >= 15 is 0 Å². The van der Waals surface area contributed by atoms with E-state index < -0.39 is 29.5 Å². The molecule has 0 spiro atoms. The van der Waals surface area contributed by atoms with Crippen molar-refractivity contribution in [2.75, 3.05) is 6.54 Å². The Labute approximate surface area is 127 Å². The molecule has 1 aromatic carbocycles. The Hall–Kier alpha value is -1.76. The summed E-state index contributed by atoms with van der Waals surface area (Å²) in [5.41, 5.74) is 4.21. The molecule has 0 radical (unpaired) electrons. The van der Waals surface area contributed by atoms with Gasteiger partial charge in [-0.1, -0.05) is 18.2 Å². The zero-order chi connectivity index (χ0) is 17.0. The molecule has 4 nitrogen and oxygen atoms in total. The Morgan fingerprint density at radius 1 is 1.27 bits per heavy atom. The SMILES string of the molecule is CC(C)(C)OC(=O)NC(CN)Cc1ccccc1C(F)(F)F. The average molecular weight is 318 g/mol. The molecular weight excluding hydrogens is 297 g/mol. The largest absolute Gasteiger partial charge is 0.444 e. The van der Waals surface area contributed by atoms with E-state index in [9.17, 15) is 18.0 Å². The Morgan fingerprint density at radius 2 is 1.86 bits per heavy atom. The number of rotatable bonds is 4. The monoisotopic (exact) mass is 318 g/mol. The van der Waals surface area contributed by atoms with Crippen molar-refractivity contribution < 1.29 is 22.7 Å². The van der Waals surface area contributed by atoms with E-state index in [1.54, 1.807) is 20.8 Å². The third-order valence-corrected chi connectivity index (χ3v) is 2.79. The molecule has 7 heteroatoms. The highest BCUT2D eigenvalue weighted by Gasteiger charge is 2.33. The molecule has 1 rings (SSSR count). The Kier molecular flexibility index (Phi) is 5.82. The molecule has 0 fully saturated rings. The van der Waals surface area contributed by atoms with Gasteiger partial charge in [0.2, 0.25) is 0 Å². The molecule has 0 aliphatic heterocycles. The lowest BCUT2D eigenvalue weighted by molar-refractivity contribution is -0.138. The number of ether oxygens (including phenoxy) is 1. The van der Waals surface area contributed by atoms with Crippen molar-refractivity contribution in [3.05, 3.63) is 35.4 Å². The van der Waals surface area contributed by atoms with E-state index in [2.05, 4.69) is 5.32 Å². The zero-order valence-electron chi connectivity index (χ0n) is 12.8. The molecule has 1 amide bonds. The van der Waals surface area contributed by atoms with Crippen LogP contribution in [0.15, 0.2) is 24.3 Å². The van der Waals surface area contributed by atoms with Gasteiger partial charge in [0, 0.05) is 12.6 Å². The average Bonchev–Trinajstić information content (AvgIpc) is 2.35. The normalized spacial score (nSPS) is 13.6. The highest BCUT2D eigenvalue weighted by Crippen LogP contribution is 2.32. The molecule has 0 aliphatic rings.